The van der Waals surface area contributed by atoms with Crippen LogP contribution in [0.2, 0.25) is 0 Å². The second-order valence-electron chi connectivity index (χ2n) is 9.79. The van der Waals surface area contributed by atoms with E-state index < -0.39 is 5.82 Å². The fraction of sp³-hybridized carbons (Fsp3) is 0.423. The Morgan fingerprint density at radius 1 is 1.14 bits per heavy atom. The normalized spacial score (nSPS) is 18.5. The first-order valence-electron chi connectivity index (χ1n) is 11.7. The van der Waals surface area contributed by atoms with Gasteiger partial charge in [-0.25, -0.2) is 14.2 Å². The van der Waals surface area contributed by atoms with Crippen LogP contribution in [0.3, 0.4) is 0 Å². The van der Waals surface area contributed by atoms with Gasteiger partial charge in [-0.1, -0.05) is 6.07 Å². The van der Waals surface area contributed by atoms with Crippen LogP contribution in [0.1, 0.15) is 42.8 Å². The molecule has 1 aliphatic rings. The van der Waals surface area contributed by atoms with Crippen molar-refractivity contribution in [3.63, 3.8) is 0 Å². The number of thiophene rings is 1. The number of aryl methyl sites for hydroxylation is 2. The third-order valence-electron chi connectivity index (χ3n) is 6.97. The maximum atomic E-state index is 13.6. The molecule has 186 valence electrons. The molecule has 0 aliphatic carbocycles. The van der Waals surface area contributed by atoms with E-state index >= 15 is 0 Å². The average Bonchev–Trinajstić information content (AvgIpc) is 3.45. The predicted octanol–water partition coefficient (Wildman–Crippen LogP) is 5.51. The van der Waals surface area contributed by atoms with Crippen molar-refractivity contribution in [2.75, 3.05) is 25.0 Å². The van der Waals surface area contributed by atoms with E-state index in [1.165, 1.54) is 29.5 Å². The number of anilines is 1. The zero-order valence-electron chi connectivity index (χ0n) is 20.3. The monoisotopic (exact) mass is 499 g/mol. The van der Waals surface area contributed by atoms with Crippen LogP contribution in [0.5, 0.6) is 0 Å². The average molecular weight is 500 g/mol. The quantitative estimate of drug-likeness (QED) is 0.429. The summed E-state index contributed by atoms with van der Waals surface area (Å²) in [6.45, 7) is 8.50. The fourth-order valence-corrected chi connectivity index (χ4v) is 5.34. The molecule has 1 aliphatic heterocycles. The minimum absolute atomic E-state index is 0.177. The molecule has 0 radical (unpaired) electrons. The summed E-state index contributed by atoms with van der Waals surface area (Å²) in [5.74, 6) is -0.176. The van der Waals surface area contributed by atoms with Gasteiger partial charge in [-0.15, -0.1) is 11.3 Å². The van der Waals surface area contributed by atoms with Gasteiger partial charge in [0.05, 0.1) is 6.20 Å². The number of hydrogen-bond acceptors (Lipinski definition) is 5. The number of pyridine rings is 2. The lowest BCUT2D eigenvalue weighted by atomic mass is 9.81. The standard InChI is InChI=1S/C26H31F2N5OS/c1-18-4-5-19(14-29-18)25(2,3)33-13-12-26(17-33,11-10-21-7-8-22(28)35-21)16-31-24(34)32-23-9-6-20(27)15-30-23/h4-9,14-15H,10-13,16-17H2,1-3H3,(H2,30,31,32,34). The number of hydrogen-bond donors (Lipinski definition) is 2. The highest BCUT2D eigenvalue weighted by atomic mass is 32.1. The zero-order chi connectivity index (χ0) is 25.1. The van der Waals surface area contributed by atoms with Crippen molar-refractivity contribution in [2.24, 2.45) is 5.41 Å². The predicted molar refractivity (Wildman–Crippen MR) is 134 cm³/mol. The molecule has 2 amide bonds. The fourth-order valence-electron chi connectivity index (χ4n) is 4.61. The lowest BCUT2D eigenvalue weighted by Crippen LogP contribution is -2.45. The summed E-state index contributed by atoms with van der Waals surface area (Å²) in [6.07, 6.45) is 5.47. The van der Waals surface area contributed by atoms with Crippen molar-refractivity contribution < 1.29 is 13.6 Å². The molecule has 1 fully saturated rings. The third kappa shape index (κ3) is 6.21. The number of nitrogens with one attached hydrogen (secondary N) is 2. The summed E-state index contributed by atoms with van der Waals surface area (Å²) in [4.78, 5) is 24.4. The maximum Gasteiger partial charge on any atom is 0.320 e. The van der Waals surface area contributed by atoms with Crippen LogP contribution >= 0.6 is 11.3 Å². The molecule has 0 saturated carbocycles. The van der Waals surface area contributed by atoms with Crippen LogP contribution in [0.4, 0.5) is 19.4 Å². The zero-order valence-corrected chi connectivity index (χ0v) is 21.1. The molecule has 2 N–H and O–H groups in total. The van der Waals surface area contributed by atoms with Crippen molar-refractivity contribution in [3.8, 4) is 0 Å². The first kappa shape index (κ1) is 25.2. The Balaban J connectivity index is 1.46. The molecule has 3 aromatic heterocycles. The number of urea groups is 1. The highest BCUT2D eigenvalue weighted by Crippen LogP contribution is 2.41. The number of carbonyl (C=O) groups is 1. The lowest BCUT2D eigenvalue weighted by Gasteiger charge is -2.38. The number of rotatable bonds is 8. The molecular formula is C26H31F2N5OS. The first-order chi connectivity index (χ1) is 16.6. The molecule has 0 aromatic carbocycles. The van der Waals surface area contributed by atoms with Gasteiger partial charge in [-0.2, -0.15) is 4.39 Å². The molecule has 1 unspecified atom stereocenters. The van der Waals surface area contributed by atoms with Crippen molar-refractivity contribution in [1.82, 2.24) is 20.2 Å². The molecule has 35 heavy (non-hydrogen) atoms. The van der Waals surface area contributed by atoms with Gasteiger partial charge in [-0.05, 0) is 82.5 Å². The Morgan fingerprint density at radius 2 is 1.97 bits per heavy atom. The lowest BCUT2D eigenvalue weighted by molar-refractivity contribution is 0.127. The van der Waals surface area contributed by atoms with E-state index in [2.05, 4.69) is 45.4 Å². The van der Waals surface area contributed by atoms with Crippen LogP contribution in [-0.2, 0) is 12.0 Å². The van der Waals surface area contributed by atoms with E-state index in [0.29, 0.717) is 6.54 Å². The molecule has 0 spiro atoms. The maximum absolute atomic E-state index is 13.6. The summed E-state index contributed by atoms with van der Waals surface area (Å²) >= 11 is 1.17. The second kappa shape index (κ2) is 10.4. The van der Waals surface area contributed by atoms with Gasteiger partial charge < -0.3 is 5.32 Å². The number of halogens is 2. The van der Waals surface area contributed by atoms with E-state index in [1.807, 2.05) is 25.3 Å². The molecular weight excluding hydrogens is 468 g/mol. The minimum Gasteiger partial charge on any atom is -0.337 e. The molecule has 3 aromatic rings. The van der Waals surface area contributed by atoms with Crippen molar-refractivity contribution in [1.29, 1.82) is 0 Å². The summed E-state index contributed by atoms with van der Waals surface area (Å²) in [6, 6.07) is 9.78. The Labute approximate surface area is 208 Å². The molecule has 6 nitrogen and oxygen atoms in total. The Bertz CT molecular complexity index is 1150. The highest BCUT2D eigenvalue weighted by Gasteiger charge is 2.43. The van der Waals surface area contributed by atoms with Crippen LogP contribution in [0.25, 0.3) is 0 Å². The smallest absolute Gasteiger partial charge is 0.320 e. The van der Waals surface area contributed by atoms with Crippen molar-refractivity contribution >= 4 is 23.2 Å². The van der Waals surface area contributed by atoms with E-state index in [9.17, 15) is 13.6 Å². The topological polar surface area (TPSA) is 70.2 Å². The van der Waals surface area contributed by atoms with Gasteiger partial charge in [-0.3, -0.25) is 15.2 Å². The third-order valence-corrected chi connectivity index (χ3v) is 7.90. The number of amides is 2. The highest BCUT2D eigenvalue weighted by molar-refractivity contribution is 7.10. The molecule has 4 rings (SSSR count). The van der Waals surface area contributed by atoms with Gasteiger partial charge in [0.25, 0.3) is 0 Å². The molecule has 9 heteroatoms. The Hall–Kier alpha value is -2.91. The largest absolute Gasteiger partial charge is 0.337 e. The first-order valence-corrected chi connectivity index (χ1v) is 12.6. The van der Waals surface area contributed by atoms with Gasteiger partial charge in [0, 0.05) is 40.8 Å². The van der Waals surface area contributed by atoms with E-state index in [4.69, 9.17) is 0 Å². The van der Waals surface area contributed by atoms with Gasteiger partial charge in [0.15, 0.2) is 5.13 Å². The van der Waals surface area contributed by atoms with Crippen LogP contribution < -0.4 is 10.6 Å². The SMILES string of the molecule is Cc1ccc(C(C)(C)N2CCC(CCc3ccc(F)s3)(CNC(=O)Nc3ccc(F)cn3)C2)cn1. The summed E-state index contributed by atoms with van der Waals surface area (Å²) in [5, 5.41) is 5.48. The van der Waals surface area contributed by atoms with E-state index in [-0.39, 0.29) is 27.9 Å². The molecule has 1 saturated heterocycles. The minimum atomic E-state index is -0.461. The Morgan fingerprint density at radius 3 is 2.63 bits per heavy atom. The van der Waals surface area contributed by atoms with E-state index in [1.54, 1.807) is 0 Å². The molecule has 0 bridgehead atoms. The van der Waals surface area contributed by atoms with Crippen LogP contribution in [0.15, 0.2) is 48.8 Å². The number of nitrogens with zero attached hydrogens (tertiary/aromatic N) is 3. The van der Waals surface area contributed by atoms with Gasteiger partial charge in [0.2, 0.25) is 0 Å². The van der Waals surface area contributed by atoms with Gasteiger partial charge >= 0.3 is 6.03 Å². The van der Waals surface area contributed by atoms with Crippen LogP contribution in [0, 0.1) is 23.3 Å². The summed E-state index contributed by atoms with van der Waals surface area (Å²) in [5.41, 5.74) is 1.72. The molecule has 4 heterocycles. The van der Waals surface area contributed by atoms with Gasteiger partial charge in [0.1, 0.15) is 11.6 Å². The summed E-state index contributed by atoms with van der Waals surface area (Å²) in [7, 11) is 0. The second-order valence-corrected chi connectivity index (χ2v) is 10.9. The number of likely N-dealkylation sites (tertiary alicyclic amines) is 1. The number of aromatic nitrogens is 2. The molecule has 1 atom stereocenters. The van der Waals surface area contributed by atoms with Crippen LogP contribution in [-0.4, -0.2) is 40.5 Å². The number of carbonyl (C=O) groups excluding carboxylic acids is 1. The Kier molecular flexibility index (Phi) is 7.47. The van der Waals surface area contributed by atoms with Crippen molar-refractivity contribution in [2.45, 2.75) is 45.6 Å². The summed E-state index contributed by atoms with van der Waals surface area (Å²) < 4.78 is 26.7. The van der Waals surface area contributed by atoms with Crippen molar-refractivity contribution in [3.05, 3.63) is 75.9 Å². The van der Waals surface area contributed by atoms with E-state index in [0.717, 1.165) is 54.7 Å².